The zero-order valence-corrected chi connectivity index (χ0v) is 21.4. The second-order valence-corrected chi connectivity index (χ2v) is 10.8. The highest BCUT2D eigenvalue weighted by molar-refractivity contribution is 7.26. The Morgan fingerprint density at radius 2 is 0.875 bits per heavy atom. The molecule has 9 rings (SSSR count). The Kier molecular flexibility index (Phi) is 2.09. The third kappa shape index (κ3) is 3.12. The molecular formula is C38H22S2. The van der Waals surface area contributed by atoms with Crippen molar-refractivity contribution in [3.8, 4) is 22.3 Å². The fourth-order valence-corrected chi connectivity index (χ4v) is 7.09. The van der Waals surface area contributed by atoms with E-state index in [-0.39, 0.29) is 40.3 Å². The maximum atomic E-state index is 9.60. The molecule has 186 valence electrons. The Morgan fingerprint density at radius 3 is 1.55 bits per heavy atom. The summed E-state index contributed by atoms with van der Waals surface area (Å²) in [5.41, 5.74) is -1.87. The van der Waals surface area contributed by atoms with Crippen LogP contribution in [0.5, 0.6) is 0 Å². The molecule has 0 spiro atoms. The van der Waals surface area contributed by atoms with Gasteiger partial charge in [0.05, 0.1) is 30.2 Å². The van der Waals surface area contributed by atoms with Crippen LogP contribution < -0.4 is 0 Å². The first-order valence-corrected chi connectivity index (χ1v) is 13.4. The second kappa shape index (κ2) is 8.50. The Balaban J connectivity index is 1.63. The molecular weight excluding hydrogens is 521 g/mol. The van der Waals surface area contributed by atoms with Crippen molar-refractivity contribution in [2.45, 2.75) is 0 Å². The van der Waals surface area contributed by atoms with Crippen LogP contribution in [-0.4, -0.2) is 0 Å². The van der Waals surface area contributed by atoms with Gasteiger partial charge in [-0.05, 0) is 56.4 Å². The maximum Gasteiger partial charge on any atom is 0.0644 e. The van der Waals surface area contributed by atoms with Gasteiger partial charge < -0.3 is 0 Å². The molecule has 0 aliphatic rings. The van der Waals surface area contributed by atoms with Crippen LogP contribution in [0.2, 0.25) is 0 Å². The Morgan fingerprint density at radius 1 is 0.375 bits per heavy atom. The molecule has 0 saturated carbocycles. The quantitative estimate of drug-likeness (QED) is 0.183. The monoisotopic (exact) mass is 564 g/mol. The van der Waals surface area contributed by atoms with Gasteiger partial charge in [0, 0.05) is 45.9 Å². The number of hydrogen-bond acceptors (Lipinski definition) is 2. The van der Waals surface area contributed by atoms with Gasteiger partial charge in [-0.25, -0.2) is 0 Å². The van der Waals surface area contributed by atoms with Gasteiger partial charge in [-0.1, -0.05) is 115 Å². The van der Waals surface area contributed by atoms with Crippen LogP contribution in [-0.2, 0) is 0 Å². The predicted octanol–water partition coefficient (Wildman–Crippen LogP) is 12.1. The Labute approximate surface area is 270 Å². The minimum Gasteiger partial charge on any atom is -0.135 e. The van der Waals surface area contributed by atoms with E-state index in [0.717, 1.165) is 0 Å². The molecule has 7 aromatic carbocycles. The third-order valence-electron chi connectivity index (χ3n) is 6.70. The summed E-state index contributed by atoms with van der Waals surface area (Å²) < 4.78 is 196. The lowest BCUT2D eigenvalue weighted by atomic mass is 9.85. The summed E-state index contributed by atoms with van der Waals surface area (Å²) >= 11 is 1.40. The summed E-state index contributed by atoms with van der Waals surface area (Å²) in [5.74, 6) is 0. The molecule has 0 aliphatic carbocycles. The maximum absolute atomic E-state index is 9.60. The van der Waals surface area contributed by atoms with Gasteiger partial charge in [-0.15, -0.1) is 22.7 Å². The lowest BCUT2D eigenvalue weighted by molar-refractivity contribution is 1.71. The molecule has 2 aromatic heterocycles. The molecule has 0 amide bonds. The number of rotatable bonds is 2. The van der Waals surface area contributed by atoms with E-state index in [1.54, 1.807) is 0 Å². The SMILES string of the molecule is [2H]c1c([2H])c([2H])c2c(sc3c([2H])c(-c4c5c([2H])c([2H])c([2H])c([2H])c5c(-c5c([2H])c([2H])c([2H])c6c5sc5c([2H])c([2H])c([2H])c([2H])c56)c5c([2H])c([2H])c([2H])c([2H])c45)c([2H])c([2H])c32)c1[2H]. The van der Waals surface area contributed by atoms with Crippen molar-refractivity contribution in [2.75, 3.05) is 0 Å². The first-order chi connectivity index (χ1) is 29.0. The predicted molar refractivity (Wildman–Crippen MR) is 178 cm³/mol. The van der Waals surface area contributed by atoms with Gasteiger partial charge in [-0.2, -0.15) is 0 Å². The highest BCUT2D eigenvalue weighted by atomic mass is 32.1. The average molecular weight is 565 g/mol. The van der Waals surface area contributed by atoms with E-state index in [0.29, 0.717) is 22.7 Å². The Hall–Kier alpha value is -4.50. The zero-order valence-electron chi connectivity index (χ0n) is 41.8. The number of fused-ring (bicyclic) bond motifs is 8. The van der Waals surface area contributed by atoms with Crippen LogP contribution in [0.15, 0.2) is 133 Å². The van der Waals surface area contributed by atoms with Gasteiger partial charge >= 0.3 is 0 Å². The fraction of sp³-hybridized carbons (Fsp3) is 0. The molecule has 9 aromatic rings. The molecule has 0 nitrogen and oxygen atoms in total. The van der Waals surface area contributed by atoms with E-state index in [4.69, 9.17) is 19.2 Å². The molecule has 0 saturated heterocycles. The van der Waals surface area contributed by atoms with Crippen molar-refractivity contribution >= 4 is 84.6 Å². The van der Waals surface area contributed by atoms with E-state index in [1.165, 1.54) is 0 Å². The van der Waals surface area contributed by atoms with Crippen molar-refractivity contribution in [3.63, 3.8) is 0 Å². The van der Waals surface area contributed by atoms with Gasteiger partial charge in [0.25, 0.3) is 0 Å². The first-order valence-electron chi connectivity index (χ1n) is 22.8. The summed E-state index contributed by atoms with van der Waals surface area (Å²) in [6.07, 6.45) is 0. The van der Waals surface area contributed by atoms with Crippen molar-refractivity contribution < 1.29 is 30.2 Å². The van der Waals surface area contributed by atoms with Crippen LogP contribution in [0.1, 0.15) is 30.2 Å². The highest BCUT2D eigenvalue weighted by Crippen LogP contribution is 2.48. The van der Waals surface area contributed by atoms with Crippen LogP contribution in [0, 0.1) is 0 Å². The molecule has 0 radical (unpaired) electrons. The molecule has 0 aliphatic heterocycles. The van der Waals surface area contributed by atoms with Crippen molar-refractivity contribution in [2.24, 2.45) is 0 Å². The standard InChI is InChI=1S/C38H22S2/c1-3-14-29-27(12-1)36(23-20-21-26-24-10-5-7-18-33(24)39-35(26)22-23)28-13-2-4-15-30(28)37(29)32-17-9-16-31-25-11-6-8-19-34(25)40-38(31)32/h1-22H/i1D,2D,3D,4D,5D,6D,7D,8D,9D,10D,11D,12D,13D,14D,15D,16D,17D,18D,19D,20D,21D,22D. The molecule has 0 N–H and O–H groups in total. The van der Waals surface area contributed by atoms with Gasteiger partial charge in [-0.3, -0.25) is 0 Å². The topological polar surface area (TPSA) is 0 Å². The lowest BCUT2D eigenvalue weighted by Gasteiger charge is -2.18. The molecule has 2 heterocycles. The summed E-state index contributed by atoms with van der Waals surface area (Å²) in [4.78, 5) is 0. The van der Waals surface area contributed by atoms with Crippen molar-refractivity contribution in [1.29, 1.82) is 0 Å². The fourth-order valence-electron chi connectivity index (χ4n) is 5.05. The van der Waals surface area contributed by atoms with Crippen LogP contribution in [0.4, 0.5) is 0 Å². The van der Waals surface area contributed by atoms with Crippen molar-refractivity contribution in [1.82, 2.24) is 0 Å². The van der Waals surface area contributed by atoms with Crippen molar-refractivity contribution in [3.05, 3.63) is 133 Å². The summed E-state index contributed by atoms with van der Waals surface area (Å²) in [7, 11) is 0. The summed E-state index contributed by atoms with van der Waals surface area (Å²) in [6.45, 7) is 0. The smallest absolute Gasteiger partial charge is 0.0644 e. The highest BCUT2D eigenvalue weighted by Gasteiger charge is 2.19. The van der Waals surface area contributed by atoms with Crippen LogP contribution in [0.3, 0.4) is 0 Å². The third-order valence-corrected chi connectivity index (χ3v) is 8.84. The zero-order chi connectivity index (χ0) is 45.4. The van der Waals surface area contributed by atoms with Gasteiger partial charge in [0.15, 0.2) is 0 Å². The minimum atomic E-state index is -0.852. The number of thiophene rings is 2. The molecule has 0 bridgehead atoms. The molecule has 0 atom stereocenters. The largest absolute Gasteiger partial charge is 0.135 e. The molecule has 0 fully saturated rings. The molecule has 0 unspecified atom stereocenters. The first kappa shape index (κ1) is 9.85. The minimum absolute atomic E-state index is 0.0421. The normalized spacial score (nSPS) is 19.7. The summed E-state index contributed by atoms with van der Waals surface area (Å²) in [5, 5.41) is -2.76. The van der Waals surface area contributed by atoms with E-state index < -0.39 is 177 Å². The van der Waals surface area contributed by atoms with E-state index in [9.17, 15) is 11.0 Å². The molecule has 2 heteroatoms. The van der Waals surface area contributed by atoms with Crippen LogP contribution in [0.25, 0.3) is 84.1 Å². The Bertz CT molecular complexity index is 3580. The molecule has 40 heavy (non-hydrogen) atoms. The van der Waals surface area contributed by atoms with Crippen LogP contribution >= 0.6 is 22.7 Å². The van der Waals surface area contributed by atoms with Gasteiger partial charge in [0.2, 0.25) is 0 Å². The number of hydrogen-bond donors (Lipinski definition) is 0. The number of benzene rings is 7. The second-order valence-electron chi connectivity index (χ2n) is 8.77. The van der Waals surface area contributed by atoms with E-state index in [2.05, 4.69) is 0 Å². The lowest BCUT2D eigenvalue weighted by Crippen LogP contribution is -1.90. The van der Waals surface area contributed by atoms with E-state index in [1.807, 2.05) is 0 Å². The van der Waals surface area contributed by atoms with Gasteiger partial charge in [0.1, 0.15) is 0 Å². The van der Waals surface area contributed by atoms with E-state index >= 15 is 0 Å². The summed E-state index contributed by atoms with van der Waals surface area (Å²) in [6, 6.07) is -15.5. The average Bonchev–Trinajstić information content (AvgIpc) is 3.85.